The summed E-state index contributed by atoms with van der Waals surface area (Å²) in [6.45, 7) is 2.67. The predicted molar refractivity (Wildman–Crippen MR) is 66.7 cm³/mol. The molecule has 0 heterocycles. The van der Waals surface area contributed by atoms with Gasteiger partial charge in [-0.3, -0.25) is 0 Å². The third kappa shape index (κ3) is 1.94. The number of phenols is 1. The molecule has 0 radical (unpaired) electrons. The Bertz CT molecular complexity index is 367. The second-order valence-corrected chi connectivity index (χ2v) is 5.05. The van der Waals surface area contributed by atoms with Crippen molar-refractivity contribution in [2.75, 3.05) is 6.54 Å². The van der Waals surface area contributed by atoms with Gasteiger partial charge in [0.25, 0.3) is 0 Å². The van der Waals surface area contributed by atoms with Crippen molar-refractivity contribution in [3.05, 3.63) is 29.3 Å². The van der Waals surface area contributed by atoms with Crippen molar-refractivity contribution in [2.24, 2.45) is 5.73 Å². The first-order chi connectivity index (χ1) is 7.68. The van der Waals surface area contributed by atoms with Gasteiger partial charge in [-0.15, -0.1) is 0 Å². The molecule has 0 bridgehead atoms. The Morgan fingerprint density at radius 2 is 1.94 bits per heavy atom. The number of phenolic OH excluding ortho intramolecular Hbond substituents is 1. The molecule has 0 aliphatic heterocycles. The third-order valence-electron chi connectivity index (χ3n) is 4.01. The summed E-state index contributed by atoms with van der Waals surface area (Å²) in [5, 5.41) is 9.57. The number of nitrogens with two attached hydrogens (primary N) is 1. The van der Waals surface area contributed by atoms with Crippen molar-refractivity contribution >= 4 is 0 Å². The Kier molecular flexibility index (Phi) is 3.20. The van der Waals surface area contributed by atoms with Crippen LogP contribution in [0.15, 0.2) is 18.2 Å². The molecule has 0 atom stereocenters. The summed E-state index contributed by atoms with van der Waals surface area (Å²) in [7, 11) is 0. The molecule has 0 aromatic heterocycles. The van der Waals surface area contributed by atoms with Gasteiger partial charge in [0.05, 0.1) is 0 Å². The maximum absolute atomic E-state index is 9.57. The molecule has 1 aromatic carbocycles. The van der Waals surface area contributed by atoms with Crippen LogP contribution in [0.1, 0.15) is 43.2 Å². The maximum atomic E-state index is 9.57. The summed E-state index contributed by atoms with van der Waals surface area (Å²) in [4.78, 5) is 0. The molecule has 1 aliphatic rings. The molecule has 1 aliphatic carbocycles. The first-order valence-corrected chi connectivity index (χ1v) is 6.18. The third-order valence-corrected chi connectivity index (χ3v) is 4.01. The summed E-state index contributed by atoms with van der Waals surface area (Å²) in [6.07, 6.45) is 6.26. The molecule has 0 spiro atoms. The standard InChI is InChI=1S/C14H21NO/c1-11-9-12(5-6-13(11)16)14(10-15)7-3-2-4-8-14/h5-6,9,16H,2-4,7-8,10,15H2,1H3. The lowest BCUT2D eigenvalue weighted by molar-refractivity contribution is 0.300. The minimum atomic E-state index is 0.163. The van der Waals surface area contributed by atoms with Crippen LogP contribution in [-0.2, 0) is 5.41 Å². The molecule has 1 aromatic rings. The number of hydrogen-bond donors (Lipinski definition) is 2. The zero-order chi connectivity index (χ0) is 11.6. The van der Waals surface area contributed by atoms with Crippen LogP contribution in [-0.4, -0.2) is 11.7 Å². The highest BCUT2D eigenvalue weighted by Crippen LogP contribution is 2.39. The van der Waals surface area contributed by atoms with E-state index in [9.17, 15) is 5.11 Å². The summed E-state index contributed by atoms with van der Waals surface area (Å²) < 4.78 is 0. The van der Waals surface area contributed by atoms with Gasteiger partial charge in [0, 0.05) is 12.0 Å². The van der Waals surface area contributed by atoms with Gasteiger partial charge in [-0.25, -0.2) is 0 Å². The second-order valence-electron chi connectivity index (χ2n) is 5.05. The lowest BCUT2D eigenvalue weighted by Gasteiger charge is -2.37. The monoisotopic (exact) mass is 219 g/mol. The normalized spacial score (nSPS) is 19.6. The van der Waals surface area contributed by atoms with Crippen LogP contribution in [0.25, 0.3) is 0 Å². The molecule has 0 amide bonds. The summed E-state index contributed by atoms with van der Waals surface area (Å²) >= 11 is 0. The minimum absolute atomic E-state index is 0.163. The van der Waals surface area contributed by atoms with Gasteiger partial charge < -0.3 is 10.8 Å². The van der Waals surface area contributed by atoms with E-state index in [0.717, 1.165) is 12.1 Å². The van der Waals surface area contributed by atoms with Gasteiger partial charge >= 0.3 is 0 Å². The lowest BCUT2D eigenvalue weighted by atomic mass is 9.69. The maximum Gasteiger partial charge on any atom is 0.118 e. The largest absolute Gasteiger partial charge is 0.508 e. The number of aromatic hydroxyl groups is 1. The van der Waals surface area contributed by atoms with Gasteiger partial charge in [0.1, 0.15) is 5.75 Å². The van der Waals surface area contributed by atoms with Crippen molar-refractivity contribution in [3.8, 4) is 5.75 Å². The molecule has 0 unspecified atom stereocenters. The predicted octanol–water partition coefficient (Wildman–Crippen LogP) is 2.86. The Balaban J connectivity index is 2.35. The summed E-state index contributed by atoms with van der Waals surface area (Å²) in [5.41, 5.74) is 8.42. The molecule has 1 saturated carbocycles. The first kappa shape index (κ1) is 11.5. The van der Waals surface area contributed by atoms with Gasteiger partial charge in [0.15, 0.2) is 0 Å². The first-order valence-electron chi connectivity index (χ1n) is 6.18. The topological polar surface area (TPSA) is 46.2 Å². The fraction of sp³-hybridized carbons (Fsp3) is 0.571. The molecule has 0 saturated heterocycles. The number of rotatable bonds is 2. The SMILES string of the molecule is Cc1cc(C2(CN)CCCCC2)ccc1O. The van der Waals surface area contributed by atoms with Gasteiger partial charge in [-0.1, -0.05) is 31.4 Å². The van der Waals surface area contributed by atoms with E-state index in [4.69, 9.17) is 5.73 Å². The fourth-order valence-electron chi connectivity index (χ4n) is 2.82. The molecular weight excluding hydrogens is 198 g/mol. The van der Waals surface area contributed by atoms with Gasteiger partial charge in [0.2, 0.25) is 0 Å². The van der Waals surface area contributed by atoms with Crippen LogP contribution in [0, 0.1) is 6.92 Å². The Morgan fingerprint density at radius 3 is 2.50 bits per heavy atom. The van der Waals surface area contributed by atoms with Crippen LogP contribution >= 0.6 is 0 Å². The zero-order valence-corrected chi connectivity index (χ0v) is 10.00. The van der Waals surface area contributed by atoms with E-state index in [2.05, 4.69) is 6.07 Å². The van der Waals surface area contributed by atoms with E-state index in [1.165, 1.54) is 37.7 Å². The van der Waals surface area contributed by atoms with Crippen molar-refractivity contribution in [1.29, 1.82) is 0 Å². The zero-order valence-electron chi connectivity index (χ0n) is 10.00. The fourth-order valence-corrected chi connectivity index (χ4v) is 2.82. The van der Waals surface area contributed by atoms with E-state index >= 15 is 0 Å². The molecule has 16 heavy (non-hydrogen) atoms. The Labute approximate surface area is 97.5 Å². The Hall–Kier alpha value is -1.02. The quantitative estimate of drug-likeness (QED) is 0.803. The molecule has 3 N–H and O–H groups in total. The number of hydrogen-bond acceptors (Lipinski definition) is 2. The smallest absolute Gasteiger partial charge is 0.118 e. The van der Waals surface area contributed by atoms with Crippen molar-refractivity contribution < 1.29 is 5.11 Å². The molecule has 2 rings (SSSR count). The van der Waals surface area contributed by atoms with E-state index in [-0.39, 0.29) is 5.41 Å². The summed E-state index contributed by atoms with van der Waals surface area (Å²) in [5.74, 6) is 0.381. The molecule has 1 fully saturated rings. The van der Waals surface area contributed by atoms with E-state index < -0.39 is 0 Å². The van der Waals surface area contributed by atoms with Crippen LogP contribution in [0.3, 0.4) is 0 Å². The van der Waals surface area contributed by atoms with Gasteiger partial charge in [-0.2, -0.15) is 0 Å². The Morgan fingerprint density at radius 1 is 1.25 bits per heavy atom. The van der Waals surface area contributed by atoms with Crippen molar-refractivity contribution in [3.63, 3.8) is 0 Å². The van der Waals surface area contributed by atoms with Crippen LogP contribution in [0.4, 0.5) is 0 Å². The molecular formula is C14H21NO. The van der Waals surface area contributed by atoms with Crippen molar-refractivity contribution in [2.45, 2.75) is 44.4 Å². The second kappa shape index (κ2) is 4.46. The average Bonchev–Trinajstić information content (AvgIpc) is 2.33. The average molecular weight is 219 g/mol. The van der Waals surface area contributed by atoms with E-state index in [1.54, 1.807) is 6.07 Å². The minimum Gasteiger partial charge on any atom is -0.508 e. The van der Waals surface area contributed by atoms with Gasteiger partial charge in [-0.05, 0) is 37.0 Å². The van der Waals surface area contributed by atoms with E-state index in [1.807, 2.05) is 13.0 Å². The van der Waals surface area contributed by atoms with Crippen LogP contribution in [0.5, 0.6) is 5.75 Å². The van der Waals surface area contributed by atoms with E-state index in [0.29, 0.717) is 5.75 Å². The highest BCUT2D eigenvalue weighted by Gasteiger charge is 2.32. The molecule has 88 valence electrons. The van der Waals surface area contributed by atoms with Crippen LogP contribution < -0.4 is 5.73 Å². The molecule has 2 heteroatoms. The highest BCUT2D eigenvalue weighted by atomic mass is 16.3. The number of benzene rings is 1. The summed E-state index contributed by atoms with van der Waals surface area (Å²) in [6, 6.07) is 5.95. The molecule has 2 nitrogen and oxygen atoms in total. The lowest BCUT2D eigenvalue weighted by Crippen LogP contribution is -2.37. The van der Waals surface area contributed by atoms with Crippen molar-refractivity contribution in [1.82, 2.24) is 0 Å². The number of aryl methyl sites for hydroxylation is 1. The van der Waals surface area contributed by atoms with Crippen LogP contribution in [0.2, 0.25) is 0 Å². The highest BCUT2D eigenvalue weighted by molar-refractivity contribution is 5.39.